The summed E-state index contributed by atoms with van der Waals surface area (Å²) in [5, 5.41) is 3.44. The van der Waals surface area contributed by atoms with Gasteiger partial charge in [-0.15, -0.1) is 0 Å². The van der Waals surface area contributed by atoms with E-state index in [1.165, 1.54) is 25.7 Å². The summed E-state index contributed by atoms with van der Waals surface area (Å²) >= 11 is 0. The molecule has 25 heavy (non-hydrogen) atoms. The molecule has 0 aromatic heterocycles. The Morgan fingerprint density at radius 3 is 2.24 bits per heavy atom. The van der Waals surface area contributed by atoms with Crippen LogP contribution in [0.2, 0.25) is 0 Å². The Morgan fingerprint density at radius 2 is 1.72 bits per heavy atom. The predicted molar refractivity (Wildman–Crippen MR) is 98.9 cm³/mol. The van der Waals surface area contributed by atoms with Gasteiger partial charge in [-0.25, -0.2) is 8.42 Å². The van der Waals surface area contributed by atoms with Gasteiger partial charge in [0.05, 0.1) is 5.75 Å². The first-order valence-electron chi connectivity index (χ1n) is 10.4. The zero-order valence-electron chi connectivity index (χ0n) is 15.6. The third-order valence-corrected chi connectivity index (χ3v) is 10.0. The molecule has 5 rings (SSSR count). The average Bonchev–Trinajstić information content (AvgIpc) is 3.25. The van der Waals surface area contributed by atoms with Crippen LogP contribution in [-0.2, 0) is 14.6 Å². The molecular weight excluding hydrogens is 334 g/mol. The van der Waals surface area contributed by atoms with Gasteiger partial charge in [-0.05, 0) is 81.5 Å². The first-order chi connectivity index (χ1) is 11.9. The normalized spacial score (nSPS) is 42.7. The van der Waals surface area contributed by atoms with E-state index >= 15 is 0 Å². The van der Waals surface area contributed by atoms with E-state index < -0.39 is 9.84 Å². The zero-order valence-corrected chi connectivity index (χ0v) is 16.4. The third-order valence-electron chi connectivity index (χ3n) is 8.32. The minimum absolute atomic E-state index is 0.146. The molecule has 5 aliphatic carbocycles. The maximum atomic E-state index is 13.1. The Kier molecular flexibility index (Phi) is 4.45. The molecule has 0 saturated heterocycles. The third kappa shape index (κ3) is 3.26. The van der Waals surface area contributed by atoms with Gasteiger partial charge < -0.3 is 5.32 Å². The fourth-order valence-corrected chi connectivity index (χ4v) is 7.27. The fraction of sp³-hybridized carbons (Fsp3) is 0.950. The number of hydrogen-bond acceptors (Lipinski definition) is 3. The lowest BCUT2D eigenvalue weighted by Crippen LogP contribution is -2.53. The lowest BCUT2D eigenvalue weighted by atomic mass is 9.52. The van der Waals surface area contributed by atoms with Crippen LogP contribution in [0, 0.1) is 22.7 Å². The lowest BCUT2D eigenvalue weighted by molar-refractivity contribution is -0.141. The van der Waals surface area contributed by atoms with Gasteiger partial charge in [0.15, 0.2) is 0 Å². The maximum Gasteiger partial charge on any atom is 0.226 e. The second-order valence-corrected chi connectivity index (χ2v) is 12.0. The summed E-state index contributed by atoms with van der Waals surface area (Å²) in [7, 11) is -2.88. The van der Waals surface area contributed by atoms with Crippen LogP contribution in [0.1, 0.15) is 77.6 Å². The summed E-state index contributed by atoms with van der Waals surface area (Å²) in [5.74, 6) is 2.49. The molecule has 5 fully saturated rings. The highest BCUT2D eigenvalue weighted by Gasteiger charge is 2.53. The SMILES string of the molecule is CCS(=O)(=O)CCC12CCC(C(=O)N[C@@H]3C[C@@H]4CC[C@H]3C4)(CC1)CC2. The van der Waals surface area contributed by atoms with E-state index in [1.807, 2.05) is 0 Å². The van der Waals surface area contributed by atoms with Crippen LogP contribution >= 0.6 is 0 Å². The number of sulfone groups is 1. The summed E-state index contributed by atoms with van der Waals surface area (Å²) in [6.07, 6.45) is 12.0. The smallest absolute Gasteiger partial charge is 0.226 e. The zero-order chi connectivity index (χ0) is 17.7. The molecule has 4 nitrogen and oxygen atoms in total. The van der Waals surface area contributed by atoms with Crippen molar-refractivity contribution >= 4 is 15.7 Å². The summed E-state index contributed by atoms with van der Waals surface area (Å²) in [4.78, 5) is 13.1. The van der Waals surface area contributed by atoms with Gasteiger partial charge in [-0.1, -0.05) is 13.3 Å². The fourth-order valence-electron chi connectivity index (χ4n) is 6.24. The van der Waals surface area contributed by atoms with Crippen LogP contribution in [0.4, 0.5) is 0 Å². The van der Waals surface area contributed by atoms with E-state index in [-0.39, 0.29) is 16.6 Å². The molecular formula is C20H33NO3S. The Morgan fingerprint density at radius 1 is 1.04 bits per heavy atom. The summed E-state index contributed by atoms with van der Waals surface area (Å²) in [6.45, 7) is 1.74. The second-order valence-electron chi connectivity index (χ2n) is 9.52. The molecule has 142 valence electrons. The van der Waals surface area contributed by atoms with Crippen molar-refractivity contribution < 1.29 is 13.2 Å². The van der Waals surface area contributed by atoms with E-state index in [1.54, 1.807) is 6.92 Å². The Hall–Kier alpha value is -0.580. The van der Waals surface area contributed by atoms with Crippen LogP contribution in [0.15, 0.2) is 0 Å². The van der Waals surface area contributed by atoms with E-state index in [9.17, 15) is 13.2 Å². The second kappa shape index (κ2) is 6.24. The van der Waals surface area contributed by atoms with Crippen LogP contribution in [0.25, 0.3) is 0 Å². The molecule has 0 aromatic carbocycles. The average molecular weight is 368 g/mol. The number of nitrogens with one attached hydrogen (secondary N) is 1. The van der Waals surface area contributed by atoms with Crippen molar-refractivity contribution in [2.75, 3.05) is 11.5 Å². The standard InChI is InChI=1S/C20H33NO3S/c1-2-25(23,24)12-11-19-5-8-20(9-6-19,10-7-19)18(22)21-17-14-15-3-4-16(17)13-15/h15-17H,2-14H2,1H3,(H,21,22)/t15-,16+,17-,19?,20?/m1/s1. The Bertz CT molecular complexity index is 617. The molecule has 0 radical (unpaired) electrons. The largest absolute Gasteiger partial charge is 0.353 e. The molecule has 4 bridgehead atoms. The quantitative estimate of drug-likeness (QED) is 0.782. The number of fused-ring (bicyclic) bond motifs is 5. The molecule has 0 heterocycles. The molecule has 0 aromatic rings. The number of carbonyl (C=O) groups excluding carboxylic acids is 1. The van der Waals surface area contributed by atoms with E-state index in [2.05, 4.69) is 5.32 Å². The highest BCUT2D eigenvalue weighted by atomic mass is 32.2. The molecule has 1 amide bonds. The number of amides is 1. The molecule has 5 saturated carbocycles. The van der Waals surface area contributed by atoms with Gasteiger partial charge in [0.25, 0.3) is 0 Å². The van der Waals surface area contributed by atoms with Crippen molar-refractivity contribution in [2.45, 2.75) is 83.6 Å². The molecule has 0 spiro atoms. The molecule has 5 heteroatoms. The van der Waals surface area contributed by atoms with Crippen molar-refractivity contribution in [3.8, 4) is 0 Å². The first-order valence-corrected chi connectivity index (χ1v) is 12.2. The molecule has 1 N–H and O–H groups in total. The number of rotatable bonds is 6. The van der Waals surface area contributed by atoms with E-state index in [0.717, 1.165) is 56.8 Å². The van der Waals surface area contributed by atoms with Crippen molar-refractivity contribution in [3.63, 3.8) is 0 Å². The van der Waals surface area contributed by atoms with E-state index in [4.69, 9.17) is 0 Å². The number of hydrogen-bond donors (Lipinski definition) is 1. The van der Waals surface area contributed by atoms with Crippen LogP contribution in [-0.4, -0.2) is 31.9 Å². The van der Waals surface area contributed by atoms with Gasteiger partial charge in [-0.2, -0.15) is 0 Å². The minimum Gasteiger partial charge on any atom is -0.353 e. The van der Waals surface area contributed by atoms with Crippen molar-refractivity contribution in [3.05, 3.63) is 0 Å². The summed E-state index contributed by atoms with van der Waals surface area (Å²) in [5.41, 5.74) is 0.0455. The van der Waals surface area contributed by atoms with Crippen LogP contribution in [0.3, 0.4) is 0 Å². The highest BCUT2D eigenvalue weighted by molar-refractivity contribution is 7.91. The van der Waals surface area contributed by atoms with Crippen molar-refractivity contribution in [1.29, 1.82) is 0 Å². The Labute approximate surface area is 152 Å². The lowest BCUT2D eigenvalue weighted by Gasteiger charge is -2.53. The van der Waals surface area contributed by atoms with Crippen LogP contribution in [0.5, 0.6) is 0 Å². The number of carbonyl (C=O) groups is 1. The van der Waals surface area contributed by atoms with Crippen LogP contribution < -0.4 is 5.32 Å². The monoisotopic (exact) mass is 367 g/mol. The van der Waals surface area contributed by atoms with Gasteiger partial charge in [0.1, 0.15) is 9.84 Å². The van der Waals surface area contributed by atoms with Gasteiger partial charge in [0.2, 0.25) is 5.91 Å². The molecule has 3 atom stereocenters. The summed E-state index contributed by atoms with van der Waals surface area (Å²) < 4.78 is 23.8. The van der Waals surface area contributed by atoms with Crippen molar-refractivity contribution in [2.24, 2.45) is 22.7 Å². The maximum absolute atomic E-state index is 13.1. The van der Waals surface area contributed by atoms with Gasteiger partial charge in [0, 0.05) is 17.2 Å². The molecule has 0 unspecified atom stereocenters. The summed E-state index contributed by atoms with van der Waals surface area (Å²) in [6, 6.07) is 0.434. The predicted octanol–water partition coefficient (Wildman–Crippen LogP) is 3.46. The van der Waals surface area contributed by atoms with E-state index in [0.29, 0.717) is 17.7 Å². The van der Waals surface area contributed by atoms with Gasteiger partial charge >= 0.3 is 0 Å². The van der Waals surface area contributed by atoms with Crippen molar-refractivity contribution in [1.82, 2.24) is 5.32 Å². The molecule has 5 aliphatic rings. The minimum atomic E-state index is -2.88. The molecule has 0 aliphatic heterocycles. The van der Waals surface area contributed by atoms with Gasteiger partial charge in [-0.3, -0.25) is 4.79 Å². The topological polar surface area (TPSA) is 63.2 Å². The highest BCUT2D eigenvalue weighted by Crippen LogP contribution is 2.58. The first kappa shape index (κ1) is 17.8. The Balaban J connectivity index is 1.34.